The van der Waals surface area contributed by atoms with E-state index in [9.17, 15) is 4.79 Å². The van der Waals surface area contributed by atoms with Crippen molar-refractivity contribution in [3.63, 3.8) is 0 Å². The summed E-state index contributed by atoms with van der Waals surface area (Å²) in [5.74, 6) is -0.130. The largest absolute Gasteiger partial charge is 0.277 e. The van der Waals surface area contributed by atoms with Crippen molar-refractivity contribution in [2.24, 2.45) is 0 Å². The molecule has 70 valence electrons. The molecule has 0 bridgehead atoms. The standard InChI is InChI=1S/C9H11BrN2O/c1-2-7-5-3-4-6-8(7)9(13)11-12-10/h3-6,12H,2H2,1H3,(H,11,13). The van der Waals surface area contributed by atoms with Crippen molar-refractivity contribution in [3.8, 4) is 0 Å². The fraction of sp³-hybridized carbons (Fsp3) is 0.222. The van der Waals surface area contributed by atoms with Gasteiger partial charge in [-0.15, -0.1) is 0 Å². The molecule has 3 nitrogen and oxygen atoms in total. The predicted octanol–water partition coefficient (Wildman–Crippen LogP) is 1.79. The Bertz CT molecular complexity index is 301. The van der Waals surface area contributed by atoms with E-state index in [0.29, 0.717) is 5.56 Å². The quantitative estimate of drug-likeness (QED) is 0.627. The van der Waals surface area contributed by atoms with E-state index in [0.717, 1.165) is 12.0 Å². The molecule has 1 amide bonds. The maximum atomic E-state index is 11.4. The van der Waals surface area contributed by atoms with Crippen LogP contribution in [-0.2, 0) is 6.42 Å². The summed E-state index contributed by atoms with van der Waals surface area (Å²) in [4.78, 5) is 11.4. The van der Waals surface area contributed by atoms with Crippen LogP contribution >= 0.6 is 16.1 Å². The van der Waals surface area contributed by atoms with Gasteiger partial charge in [-0.3, -0.25) is 10.2 Å². The molecule has 0 spiro atoms. The Morgan fingerprint density at radius 3 is 2.77 bits per heavy atom. The second-order valence-electron chi connectivity index (χ2n) is 2.56. The van der Waals surface area contributed by atoms with Crippen LogP contribution in [0, 0.1) is 0 Å². The summed E-state index contributed by atoms with van der Waals surface area (Å²) in [6.45, 7) is 2.02. The summed E-state index contributed by atoms with van der Waals surface area (Å²) in [5.41, 5.74) is 4.21. The van der Waals surface area contributed by atoms with Gasteiger partial charge in [-0.05, 0) is 18.1 Å². The van der Waals surface area contributed by atoms with E-state index in [1.807, 2.05) is 25.1 Å². The Kier molecular flexibility index (Phi) is 3.92. The van der Waals surface area contributed by atoms with E-state index in [1.165, 1.54) is 0 Å². The molecule has 4 heteroatoms. The lowest BCUT2D eigenvalue weighted by atomic mass is 10.1. The second-order valence-corrected chi connectivity index (χ2v) is 2.96. The highest BCUT2D eigenvalue weighted by atomic mass is 79.9. The molecule has 1 aromatic rings. The van der Waals surface area contributed by atoms with Gasteiger partial charge in [0.05, 0.1) is 0 Å². The molecule has 1 aromatic carbocycles. The van der Waals surface area contributed by atoms with E-state index >= 15 is 0 Å². The van der Waals surface area contributed by atoms with Crippen LogP contribution in [0.2, 0.25) is 0 Å². The first-order chi connectivity index (χ1) is 6.29. The molecule has 0 aliphatic heterocycles. The number of nitrogens with one attached hydrogen (secondary N) is 2. The van der Waals surface area contributed by atoms with Crippen molar-refractivity contribution >= 4 is 22.1 Å². The first-order valence-electron chi connectivity index (χ1n) is 4.03. The zero-order valence-electron chi connectivity index (χ0n) is 7.30. The van der Waals surface area contributed by atoms with Crippen molar-refractivity contribution < 1.29 is 4.79 Å². The SMILES string of the molecule is CCc1ccccc1C(=O)NNBr. The third-order valence-electron chi connectivity index (χ3n) is 1.80. The highest BCUT2D eigenvalue weighted by Gasteiger charge is 2.07. The van der Waals surface area contributed by atoms with Crippen LogP contribution in [0.4, 0.5) is 0 Å². The van der Waals surface area contributed by atoms with Crippen LogP contribution in [0.3, 0.4) is 0 Å². The number of halogens is 1. The zero-order valence-corrected chi connectivity index (χ0v) is 8.89. The van der Waals surface area contributed by atoms with E-state index in [-0.39, 0.29) is 5.91 Å². The molecule has 0 saturated heterocycles. The Labute approximate surface area is 85.8 Å². The van der Waals surface area contributed by atoms with E-state index in [2.05, 4.69) is 26.0 Å². The lowest BCUT2D eigenvalue weighted by Crippen LogP contribution is -2.30. The minimum absolute atomic E-state index is 0.130. The van der Waals surface area contributed by atoms with Gasteiger partial charge in [-0.25, -0.2) is 0 Å². The topological polar surface area (TPSA) is 41.1 Å². The highest BCUT2D eigenvalue weighted by Crippen LogP contribution is 2.08. The molecular formula is C9H11BrN2O. The maximum Gasteiger partial charge on any atom is 0.266 e. The lowest BCUT2D eigenvalue weighted by Gasteiger charge is -2.06. The average molecular weight is 243 g/mol. The Balaban J connectivity index is 2.92. The molecule has 0 heterocycles. The molecule has 0 radical (unpaired) electrons. The van der Waals surface area contributed by atoms with E-state index in [4.69, 9.17) is 0 Å². The van der Waals surface area contributed by atoms with Crippen LogP contribution in [0.5, 0.6) is 0 Å². The Morgan fingerprint density at radius 1 is 1.46 bits per heavy atom. The maximum absolute atomic E-state index is 11.4. The van der Waals surface area contributed by atoms with Gasteiger partial charge in [-0.1, -0.05) is 25.1 Å². The fourth-order valence-electron chi connectivity index (χ4n) is 1.16. The summed E-state index contributed by atoms with van der Waals surface area (Å²) in [6.07, 6.45) is 0.853. The number of hydrazine groups is 1. The smallest absolute Gasteiger partial charge is 0.266 e. The monoisotopic (exact) mass is 242 g/mol. The number of benzene rings is 1. The minimum atomic E-state index is -0.130. The van der Waals surface area contributed by atoms with Gasteiger partial charge < -0.3 is 0 Å². The van der Waals surface area contributed by atoms with Crippen molar-refractivity contribution in [1.82, 2.24) is 9.88 Å². The number of carbonyl (C=O) groups excluding carboxylic acids is 1. The molecular weight excluding hydrogens is 232 g/mol. The Hall–Kier alpha value is -0.870. The van der Waals surface area contributed by atoms with Crippen LogP contribution < -0.4 is 9.88 Å². The summed E-state index contributed by atoms with van der Waals surface area (Å²) in [7, 11) is 0. The zero-order chi connectivity index (χ0) is 9.68. The van der Waals surface area contributed by atoms with Gasteiger partial charge in [0.25, 0.3) is 5.91 Å². The van der Waals surface area contributed by atoms with E-state index in [1.54, 1.807) is 6.07 Å². The van der Waals surface area contributed by atoms with Crippen molar-refractivity contribution in [2.45, 2.75) is 13.3 Å². The van der Waals surface area contributed by atoms with Crippen LogP contribution in [0.1, 0.15) is 22.8 Å². The highest BCUT2D eigenvalue weighted by molar-refractivity contribution is 9.08. The predicted molar refractivity (Wildman–Crippen MR) is 55.3 cm³/mol. The molecule has 1 rings (SSSR count). The molecule has 0 aliphatic carbocycles. The molecule has 0 fully saturated rings. The summed E-state index contributed by atoms with van der Waals surface area (Å²) in [6, 6.07) is 7.53. The summed E-state index contributed by atoms with van der Waals surface area (Å²) in [5, 5.41) is 0. The van der Waals surface area contributed by atoms with Gasteiger partial charge in [-0.2, -0.15) is 4.45 Å². The van der Waals surface area contributed by atoms with Crippen molar-refractivity contribution in [3.05, 3.63) is 35.4 Å². The minimum Gasteiger partial charge on any atom is -0.277 e. The number of hydrogen-bond acceptors (Lipinski definition) is 2. The van der Waals surface area contributed by atoms with Gasteiger partial charge in [0.1, 0.15) is 0 Å². The normalized spacial score (nSPS) is 9.69. The molecule has 13 heavy (non-hydrogen) atoms. The van der Waals surface area contributed by atoms with Crippen LogP contribution in [0.25, 0.3) is 0 Å². The molecule has 0 atom stereocenters. The molecule has 0 saturated carbocycles. The van der Waals surface area contributed by atoms with Gasteiger partial charge in [0.2, 0.25) is 0 Å². The van der Waals surface area contributed by atoms with Crippen molar-refractivity contribution in [2.75, 3.05) is 0 Å². The first-order valence-corrected chi connectivity index (χ1v) is 4.82. The van der Waals surface area contributed by atoms with Gasteiger partial charge >= 0.3 is 0 Å². The van der Waals surface area contributed by atoms with Gasteiger partial charge in [0.15, 0.2) is 0 Å². The number of carbonyl (C=O) groups is 1. The molecule has 0 unspecified atom stereocenters. The number of aryl methyl sites for hydroxylation is 1. The first kappa shape index (κ1) is 10.2. The van der Waals surface area contributed by atoms with Crippen LogP contribution in [-0.4, -0.2) is 5.91 Å². The lowest BCUT2D eigenvalue weighted by molar-refractivity contribution is 0.0947. The molecule has 0 aromatic heterocycles. The Morgan fingerprint density at radius 2 is 2.15 bits per heavy atom. The second kappa shape index (κ2) is 4.99. The number of amides is 1. The third-order valence-corrected chi connectivity index (χ3v) is 2.00. The van der Waals surface area contributed by atoms with E-state index < -0.39 is 0 Å². The van der Waals surface area contributed by atoms with Crippen LogP contribution in [0.15, 0.2) is 24.3 Å². The molecule has 2 N–H and O–H groups in total. The molecule has 0 aliphatic rings. The number of rotatable bonds is 3. The summed E-state index contributed by atoms with van der Waals surface area (Å²) >= 11 is 2.91. The number of hydrogen-bond donors (Lipinski definition) is 2. The van der Waals surface area contributed by atoms with Crippen molar-refractivity contribution in [1.29, 1.82) is 0 Å². The fourth-order valence-corrected chi connectivity index (χ4v) is 1.34. The van der Waals surface area contributed by atoms with Gasteiger partial charge in [0, 0.05) is 21.7 Å². The third kappa shape index (κ3) is 2.54. The average Bonchev–Trinajstić information content (AvgIpc) is 2.18. The summed E-state index contributed by atoms with van der Waals surface area (Å²) < 4.78 is 2.43.